The molecule has 4 nitrogen and oxygen atoms in total. The maximum atomic E-state index is 11.2. The highest BCUT2D eigenvalue weighted by Crippen LogP contribution is 2.18. The Hall–Kier alpha value is -0.610. The fourth-order valence-electron chi connectivity index (χ4n) is 1.23. The smallest absolute Gasteiger partial charge is 0.220 e. The molecule has 0 aromatic heterocycles. The van der Waals surface area contributed by atoms with Crippen molar-refractivity contribution in [3.63, 3.8) is 0 Å². The van der Waals surface area contributed by atoms with E-state index in [9.17, 15) is 4.79 Å². The second-order valence-corrected chi connectivity index (χ2v) is 3.77. The topological polar surface area (TPSA) is 61.4 Å². The number of hydrogen-bond acceptors (Lipinski definition) is 3. The summed E-state index contributed by atoms with van der Waals surface area (Å²) >= 11 is 0. The minimum atomic E-state index is 0.177. The number of carbonyl (C=O) groups excluding carboxylic acids is 1. The van der Waals surface area contributed by atoms with Crippen LogP contribution in [-0.2, 0) is 4.79 Å². The molecule has 1 amide bonds. The third kappa shape index (κ3) is 5.94. The molecule has 14 heavy (non-hydrogen) atoms. The van der Waals surface area contributed by atoms with E-state index < -0.39 is 0 Å². The highest BCUT2D eigenvalue weighted by Gasteiger charge is 2.22. The molecule has 0 aromatic carbocycles. The number of carbonyl (C=O) groups is 1. The molecule has 0 aliphatic heterocycles. The molecule has 0 saturated heterocycles. The van der Waals surface area contributed by atoms with Gasteiger partial charge in [-0.05, 0) is 38.8 Å². The molecule has 1 aliphatic carbocycles. The first-order chi connectivity index (χ1) is 6.83. The third-order valence-corrected chi connectivity index (χ3v) is 2.21. The van der Waals surface area contributed by atoms with Gasteiger partial charge in [0.2, 0.25) is 5.91 Å². The first kappa shape index (κ1) is 11.5. The van der Waals surface area contributed by atoms with Crippen LogP contribution in [0.4, 0.5) is 0 Å². The lowest BCUT2D eigenvalue weighted by molar-refractivity contribution is -0.121. The van der Waals surface area contributed by atoms with Crippen LogP contribution in [0.2, 0.25) is 0 Å². The molecule has 0 heterocycles. The SMILES string of the molecule is O=C(CCCNCCCO)NC1CC1. The quantitative estimate of drug-likeness (QED) is 0.484. The van der Waals surface area contributed by atoms with Gasteiger partial charge in [0.25, 0.3) is 0 Å². The van der Waals surface area contributed by atoms with Crippen molar-refractivity contribution in [2.45, 2.75) is 38.1 Å². The van der Waals surface area contributed by atoms with E-state index in [4.69, 9.17) is 5.11 Å². The summed E-state index contributed by atoms with van der Waals surface area (Å²) in [4.78, 5) is 11.2. The van der Waals surface area contributed by atoms with E-state index in [1.165, 1.54) is 0 Å². The average Bonchev–Trinajstić information content (AvgIpc) is 2.95. The van der Waals surface area contributed by atoms with Crippen molar-refractivity contribution in [2.24, 2.45) is 0 Å². The zero-order valence-electron chi connectivity index (χ0n) is 8.59. The number of rotatable bonds is 8. The molecule has 3 N–H and O–H groups in total. The van der Waals surface area contributed by atoms with Gasteiger partial charge in [-0.2, -0.15) is 0 Å². The number of hydrogen-bond donors (Lipinski definition) is 3. The molecule has 1 saturated carbocycles. The summed E-state index contributed by atoms with van der Waals surface area (Å²) in [7, 11) is 0. The Bertz CT molecular complexity index is 170. The van der Waals surface area contributed by atoms with Crippen LogP contribution in [0.15, 0.2) is 0 Å². The van der Waals surface area contributed by atoms with Gasteiger partial charge in [0.15, 0.2) is 0 Å². The second-order valence-electron chi connectivity index (χ2n) is 3.77. The summed E-state index contributed by atoms with van der Waals surface area (Å²) < 4.78 is 0. The number of amides is 1. The molecule has 0 bridgehead atoms. The van der Waals surface area contributed by atoms with E-state index in [-0.39, 0.29) is 12.5 Å². The molecule has 0 unspecified atom stereocenters. The lowest BCUT2D eigenvalue weighted by Gasteiger charge is -2.04. The van der Waals surface area contributed by atoms with Crippen LogP contribution in [0, 0.1) is 0 Å². The van der Waals surface area contributed by atoms with E-state index in [1.54, 1.807) is 0 Å². The van der Waals surface area contributed by atoms with Gasteiger partial charge >= 0.3 is 0 Å². The summed E-state index contributed by atoms with van der Waals surface area (Å²) in [6.07, 6.45) is 4.59. The lowest BCUT2D eigenvalue weighted by Crippen LogP contribution is -2.26. The third-order valence-electron chi connectivity index (χ3n) is 2.21. The van der Waals surface area contributed by atoms with Gasteiger partial charge in [-0.15, -0.1) is 0 Å². The van der Waals surface area contributed by atoms with Crippen molar-refractivity contribution < 1.29 is 9.90 Å². The Balaban J connectivity index is 1.80. The van der Waals surface area contributed by atoms with Crippen LogP contribution in [-0.4, -0.2) is 36.8 Å². The zero-order chi connectivity index (χ0) is 10.2. The maximum absolute atomic E-state index is 11.2. The molecule has 1 rings (SSSR count). The van der Waals surface area contributed by atoms with Gasteiger partial charge in [0.05, 0.1) is 0 Å². The van der Waals surface area contributed by atoms with Gasteiger partial charge in [-0.3, -0.25) is 4.79 Å². The van der Waals surface area contributed by atoms with Crippen LogP contribution in [0.3, 0.4) is 0 Å². The average molecular weight is 200 g/mol. The monoisotopic (exact) mass is 200 g/mol. The molecule has 1 fully saturated rings. The Labute approximate surface area is 85.1 Å². The van der Waals surface area contributed by atoms with Gasteiger partial charge < -0.3 is 15.7 Å². The van der Waals surface area contributed by atoms with Crippen LogP contribution in [0.1, 0.15) is 32.1 Å². The molecule has 4 heteroatoms. The summed E-state index contributed by atoms with van der Waals surface area (Å²) in [6.45, 7) is 1.92. The Morgan fingerprint density at radius 1 is 1.29 bits per heavy atom. The summed E-state index contributed by atoms with van der Waals surface area (Å²) in [6, 6.07) is 0.477. The Kier molecular flexibility index (Phi) is 5.56. The standard InChI is InChI=1S/C10H20N2O2/c13-8-2-7-11-6-1-3-10(14)12-9-4-5-9/h9,11,13H,1-8H2,(H,12,14). The van der Waals surface area contributed by atoms with E-state index in [2.05, 4.69) is 10.6 Å². The van der Waals surface area contributed by atoms with Crippen molar-refractivity contribution in [3.8, 4) is 0 Å². The molecular weight excluding hydrogens is 180 g/mol. The summed E-state index contributed by atoms with van der Waals surface area (Å²) in [5.74, 6) is 0.177. The van der Waals surface area contributed by atoms with E-state index in [1.807, 2.05) is 0 Å². The van der Waals surface area contributed by atoms with Gasteiger partial charge in [-0.1, -0.05) is 0 Å². The van der Waals surface area contributed by atoms with Crippen molar-refractivity contribution in [3.05, 3.63) is 0 Å². The molecule has 0 atom stereocenters. The molecular formula is C10H20N2O2. The van der Waals surface area contributed by atoms with Gasteiger partial charge in [0.1, 0.15) is 0 Å². The van der Waals surface area contributed by atoms with Crippen LogP contribution >= 0.6 is 0 Å². The Morgan fingerprint density at radius 3 is 2.64 bits per heavy atom. The number of nitrogens with one attached hydrogen (secondary N) is 2. The van der Waals surface area contributed by atoms with Crippen LogP contribution in [0.5, 0.6) is 0 Å². The fraction of sp³-hybridized carbons (Fsp3) is 0.900. The summed E-state index contributed by atoms with van der Waals surface area (Å²) in [5.41, 5.74) is 0. The predicted molar refractivity (Wildman–Crippen MR) is 55.0 cm³/mol. The fourth-order valence-corrected chi connectivity index (χ4v) is 1.23. The first-order valence-electron chi connectivity index (χ1n) is 5.44. The molecule has 0 spiro atoms. The maximum Gasteiger partial charge on any atom is 0.220 e. The number of aliphatic hydroxyl groups excluding tert-OH is 1. The zero-order valence-corrected chi connectivity index (χ0v) is 8.59. The largest absolute Gasteiger partial charge is 0.396 e. The van der Waals surface area contributed by atoms with Crippen LogP contribution < -0.4 is 10.6 Å². The molecule has 0 radical (unpaired) electrons. The van der Waals surface area contributed by atoms with Gasteiger partial charge in [-0.25, -0.2) is 0 Å². The van der Waals surface area contributed by atoms with Crippen molar-refractivity contribution in [1.82, 2.24) is 10.6 Å². The first-order valence-corrected chi connectivity index (χ1v) is 5.44. The van der Waals surface area contributed by atoms with E-state index in [0.717, 1.165) is 38.8 Å². The summed E-state index contributed by atoms with van der Waals surface area (Å²) in [5, 5.41) is 14.6. The van der Waals surface area contributed by atoms with Crippen molar-refractivity contribution in [2.75, 3.05) is 19.7 Å². The highest BCUT2D eigenvalue weighted by atomic mass is 16.3. The second kappa shape index (κ2) is 6.79. The minimum absolute atomic E-state index is 0.177. The van der Waals surface area contributed by atoms with Crippen LogP contribution in [0.25, 0.3) is 0 Å². The normalized spacial score (nSPS) is 15.5. The van der Waals surface area contributed by atoms with Crippen molar-refractivity contribution >= 4 is 5.91 Å². The number of aliphatic hydroxyl groups is 1. The Morgan fingerprint density at radius 2 is 2.00 bits per heavy atom. The van der Waals surface area contributed by atoms with Gasteiger partial charge in [0, 0.05) is 19.1 Å². The molecule has 82 valence electrons. The highest BCUT2D eigenvalue weighted by molar-refractivity contribution is 5.76. The van der Waals surface area contributed by atoms with Crippen molar-refractivity contribution in [1.29, 1.82) is 0 Å². The lowest BCUT2D eigenvalue weighted by atomic mass is 10.3. The molecule has 0 aromatic rings. The molecule has 1 aliphatic rings. The van der Waals surface area contributed by atoms with E-state index in [0.29, 0.717) is 12.5 Å². The minimum Gasteiger partial charge on any atom is -0.396 e. The van der Waals surface area contributed by atoms with E-state index >= 15 is 0 Å². The predicted octanol–water partition coefficient (Wildman–Crippen LogP) is 0.0172.